The average molecular weight is 305 g/mol. The van der Waals surface area contributed by atoms with Gasteiger partial charge >= 0.3 is 5.97 Å². The Kier molecular flexibility index (Phi) is 5.66. The number of rotatable bonds is 8. The predicted octanol–water partition coefficient (Wildman–Crippen LogP) is -0.365. The third-order valence-electron chi connectivity index (χ3n) is 2.75. The van der Waals surface area contributed by atoms with Crippen molar-refractivity contribution in [2.75, 3.05) is 13.2 Å². The molecule has 0 spiro atoms. The van der Waals surface area contributed by atoms with Crippen LogP contribution in [0.15, 0.2) is 4.90 Å². The molecule has 0 aromatic carbocycles. The molecule has 0 saturated heterocycles. The van der Waals surface area contributed by atoms with Crippen LogP contribution in [0.3, 0.4) is 0 Å². The normalized spacial score (nSPS) is 11.8. The Hall–Kier alpha value is -1.45. The number of nitrogens with zero attached hydrogens (tertiary/aromatic N) is 2. The summed E-state index contributed by atoms with van der Waals surface area (Å²) in [7, 11) is -3.70. The molecule has 0 aliphatic carbocycles. The molecule has 1 heterocycles. The lowest BCUT2D eigenvalue weighted by atomic mass is 10.4. The van der Waals surface area contributed by atoms with E-state index in [9.17, 15) is 13.2 Å². The summed E-state index contributed by atoms with van der Waals surface area (Å²) in [6, 6.07) is 0. The number of hydrogen-bond donors (Lipinski definition) is 3. The number of carbonyl (C=O) groups is 1. The Morgan fingerprint density at radius 2 is 2.05 bits per heavy atom. The Bertz CT molecular complexity index is 579. The predicted molar refractivity (Wildman–Crippen MR) is 70.8 cm³/mol. The largest absolute Gasteiger partial charge is 0.481 e. The van der Waals surface area contributed by atoms with E-state index in [1.807, 2.05) is 0 Å². The van der Waals surface area contributed by atoms with Gasteiger partial charge in [-0.1, -0.05) is 0 Å². The molecule has 1 aromatic heterocycles. The van der Waals surface area contributed by atoms with Crippen molar-refractivity contribution in [1.29, 1.82) is 0 Å². The van der Waals surface area contributed by atoms with Gasteiger partial charge in [-0.05, 0) is 20.3 Å². The smallest absolute Gasteiger partial charge is 0.305 e. The lowest BCUT2D eigenvalue weighted by molar-refractivity contribution is -0.137. The van der Waals surface area contributed by atoms with E-state index in [0.717, 1.165) is 0 Å². The highest BCUT2D eigenvalue weighted by molar-refractivity contribution is 7.89. The summed E-state index contributed by atoms with van der Waals surface area (Å²) in [5.74, 6) is -0.969. The van der Waals surface area contributed by atoms with Crippen LogP contribution in [-0.2, 0) is 21.4 Å². The van der Waals surface area contributed by atoms with Crippen molar-refractivity contribution in [2.24, 2.45) is 0 Å². The molecule has 0 aliphatic heterocycles. The SMILES string of the molecule is Cc1nn(CCC(=O)O)c(C)c1S(=O)(=O)NCCCO. The summed E-state index contributed by atoms with van der Waals surface area (Å²) in [6.45, 7) is 3.30. The van der Waals surface area contributed by atoms with Crippen LogP contribution in [-0.4, -0.2) is 47.5 Å². The summed E-state index contributed by atoms with van der Waals surface area (Å²) in [6.07, 6.45) is 0.198. The van der Waals surface area contributed by atoms with Crippen LogP contribution in [0.2, 0.25) is 0 Å². The maximum absolute atomic E-state index is 12.1. The van der Waals surface area contributed by atoms with E-state index in [1.165, 1.54) is 4.68 Å². The fourth-order valence-electron chi connectivity index (χ4n) is 1.85. The molecule has 0 unspecified atom stereocenters. The molecule has 1 rings (SSSR count). The maximum Gasteiger partial charge on any atom is 0.305 e. The Morgan fingerprint density at radius 3 is 2.60 bits per heavy atom. The van der Waals surface area contributed by atoms with Crippen LogP contribution in [0.1, 0.15) is 24.2 Å². The van der Waals surface area contributed by atoms with E-state index < -0.39 is 16.0 Å². The third-order valence-corrected chi connectivity index (χ3v) is 4.46. The Labute approximate surface area is 117 Å². The number of aliphatic hydroxyl groups excluding tert-OH is 1. The van der Waals surface area contributed by atoms with Crippen LogP contribution in [0.5, 0.6) is 0 Å². The zero-order valence-electron chi connectivity index (χ0n) is 11.5. The van der Waals surface area contributed by atoms with Crippen molar-refractivity contribution in [3.63, 3.8) is 0 Å². The second kappa shape index (κ2) is 6.82. The molecule has 3 N–H and O–H groups in total. The van der Waals surface area contributed by atoms with Crippen molar-refractivity contribution < 1.29 is 23.4 Å². The minimum absolute atomic E-state index is 0.0702. The summed E-state index contributed by atoms with van der Waals surface area (Å²) in [5.41, 5.74) is 0.727. The van der Waals surface area contributed by atoms with Crippen molar-refractivity contribution in [3.8, 4) is 0 Å². The summed E-state index contributed by atoms with van der Waals surface area (Å²) >= 11 is 0. The molecule has 0 bridgehead atoms. The lowest BCUT2D eigenvalue weighted by Gasteiger charge is -2.07. The van der Waals surface area contributed by atoms with E-state index in [4.69, 9.17) is 10.2 Å². The number of aliphatic carboxylic acids is 1. The van der Waals surface area contributed by atoms with Crippen LogP contribution in [0.4, 0.5) is 0 Å². The first-order valence-corrected chi connectivity index (χ1v) is 7.64. The average Bonchev–Trinajstić information content (AvgIpc) is 2.62. The number of aromatic nitrogens is 2. The third kappa shape index (κ3) is 4.02. The first-order valence-electron chi connectivity index (χ1n) is 6.16. The first kappa shape index (κ1) is 16.6. The molecule has 9 heteroatoms. The molecule has 114 valence electrons. The van der Waals surface area contributed by atoms with E-state index >= 15 is 0 Å². The fraction of sp³-hybridized carbons (Fsp3) is 0.636. The number of aliphatic hydroxyl groups is 1. The molecule has 0 atom stereocenters. The van der Waals surface area contributed by atoms with Crippen molar-refractivity contribution in [2.45, 2.75) is 38.1 Å². The van der Waals surface area contributed by atoms with Gasteiger partial charge in [-0.15, -0.1) is 0 Å². The highest BCUT2D eigenvalue weighted by Crippen LogP contribution is 2.19. The van der Waals surface area contributed by atoms with Gasteiger partial charge in [-0.25, -0.2) is 13.1 Å². The second-order valence-corrected chi connectivity index (χ2v) is 6.05. The minimum atomic E-state index is -3.70. The second-order valence-electron chi connectivity index (χ2n) is 4.34. The number of carboxylic acid groups (broad SMARTS) is 1. The van der Waals surface area contributed by atoms with Crippen molar-refractivity contribution >= 4 is 16.0 Å². The quantitative estimate of drug-likeness (QED) is 0.564. The van der Waals surface area contributed by atoms with E-state index in [2.05, 4.69) is 9.82 Å². The summed E-state index contributed by atoms with van der Waals surface area (Å²) in [4.78, 5) is 10.6. The lowest BCUT2D eigenvalue weighted by Crippen LogP contribution is -2.26. The van der Waals surface area contributed by atoms with Gasteiger partial charge in [-0.2, -0.15) is 5.10 Å². The van der Waals surface area contributed by atoms with Crippen molar-refractivity contribution in [1.82, 2.24) is 14.5 Å². The zero-order chi connectivity index (χ0) is 15.3. The van der Waals surface area contributed by atoms with E-state index in [0.29, 0.717) is 17.8 Å². The van der Waals surface area contributed by atoms with Crippen LogP contribution in [0.25, 0.3) is 0 Å². The maximum atomic E-state index is 12.1. The number of aryl methyl sites for hydroxylation is 2. The summed E-state index contributed by atoms with van der Waals surface area (Å²) < 4.78 is 28.0. The van der Waals surface area contributed by atoms with Gasteiger partial charge in [0.05, 0.1) is 24.4 Å². The molecular weight excluding hydrogens is 286 g/mol. The molecular formula is C11H19N3O5S. The topological polar surface area (TPSA) is 122 Å². The van der Waals surface area contributed by atoms with Crippen LogP contribution >= 0.6 is 0 Å². The van der Waals surface area contributed by atoms with Crippen LogP contribution in [0, 0.1) is 13.8 Å². The van der Waals surface area contributed by atoms with Gasteiger partial charge in [0.25, 0.3) is 0 Å². The number of hydrogen-bond acceptors (Lipinski definition) is 5. The molecule has 0 radical (unpaired) electrons. The highest BCUT2D eigenvalue weighted by Gasteiger charge is 2.24. The Balaban J connectivity index is 2.97. The fourth-order valence-corrected chi connectivity index (χ4v) is 3.33. The van der Waals surface area contributed by atoms with Gasteiger partial charge in [0.15, 0.2) is 0 Å². The zero-order valence-corrected chi connectivity index (χ0v) is 12.3. The number of sulfonamides is 1. The highest BCUT2D eigenvalue weighted by atomic mass is 32.2. The van der Waals surface area contributed by atoms with Gasteiger partial charge in [0.2, 0.25) is 10.0 Å². The molecule has 0 aliphatic rings. The van der Waals surface area contributed by atoms with Gasteiger partial charge in [0, 0.05) is 13.2 Å². The first-order chi connectivity index (χ1) is 9.29. The minimum Gasteiger partial charge on any atom is -0.481 e. The van der Waals surface area contributed by atoms with Gasteiger partial charge in [-0.3, -0.25) is 9.48 Å². The molecule has 0 fully saturated rings. The standard InChI is InChI=1S/C11H19N3O5S/c1-8-11(20(18,19)12-5-3-7-15)9(2)14(13-8)6-4-10(16)17/h12,15H,3-7H2,1-2H3,(H,16,17). The molecule has 8 nitrogen and oxygen atoms in total. The van der Waals surface area contributed by atoms with Gasteiger partial charge in [0.1, 0.15) is 4.90 Å². The summed E-state index contributed by atoms with van der Waals surface area (Å²) in [5, 5.41) is 21.4. The van der Waals surface area contributed by atoms with Gasteiger partial charge < -0.3 is 10.2 Å². The monoisotopic (exact) mass is 305 g/mol. The molecule has 0 saturated carbocycles. The number of carboxylic acids is 1. The number of nitrogens with one attached hydrogen (secondary N) is 1. The molecule has 20 heavy (non-hydrogen) atoms. The molecule has 0 amide bonds. The van der Waals surface area contributed by atoms with Crippen molar-refractivity contribution in [3.05, 3.63) is 11.4 Å². The van der Waals surface area contributed by atoms with E-state index in [1.54, 1.807) is 13.8 Å². The van der Waals surface area contributed by atoms with E-state index in [-0.39, 0.29) is 31.0 Å². The van der Waals surface area contributed by atoms with Crippen LogP contribution < -0.4 is 4.72 Å². The Morgan fingerprint density at radius 1 is 1.40 bits per heavy atom. The molecule has 1 aromatic rings.